The van der Waals surface area contributed by atoms with Crippen molar-refractivity contribution in [3.8, 4) is 0 Å². The summed E-state index contributed by atoms with van der Waals surface area (Å²) in [6.45, 7) is 2.93. The third-order valence-electron chi connectivity index (χ3n) is 1.86. The maximum Gasteiger partial charge on any atom is 0.303 e. The van der Waals surface area contributed by atoms with Crippen LogP contribution in [0, 0.1) is 0 Å². The molecule has 0 unspecified atom stereocenters. The second-order valence-corrected chi connectivity index (χ2v) is 3.18. The van der Waals surface area contributed by atoms with E-state index in [1.807, 2.05) is 30.3 Å². The van der Waals surface area contributed by atoms with Crippen molar-refractivity contribution in [2.75, 3.05) is 0 Å². The highest BCUT2D eigenvalue weighted by Gasteiger charge is 2.19. The molecular weight excluding hydrogens is 180 g/mol. The molecular formula is C11H14O3. The van der Waals surface area contributed by atoms with Crippen molar-refractivity contribution in [3.05, 3.63) is 35.9 Å². The normalized spacial score (nSPS) is 14.5. The number of benzene rings is 1. The molecule has 3 heteroatoms. The highest BCUT2D eigenvalue weighted by molar-refractivity contribution is 5.66. The van der Waals surface area contributed by atoms with Crippen LogP contribution in [0.15, 0.2) is 30.3 Å². The zero-order valence-corrected chi connectivity index (χ0v) is 8.31. The van der Waals surface area contributed by atoms with Gasteiger partial charge in [-0.1, -0.05) is 30.3 Å². The second kappa shape index (κ2) is 4.77. The number of hydrogen-bond donors (Lipinski definition) is 1. The highest BCUT2D eigenvalue weighted by atomic mass is 16.6. The van der Waals surface area contributed by atoms with Gasteiger partial charge in [-0.05, 0) is 12.5 Å². The Balaban J connectivity index is 2.83. The number of carbonyl (C=O) groups excluding carboxylic acids is 1. The Kier molecular flexibility index (Phi) is 3.65. The molecule has 76 valence electrons. The van der Waals surface area contributed by atoms with E-state index in [1.165, 1.54) is 6.92 Å². The molecule has 0 saturated heterocycles. The third-order valence-corrected chi connectivity index (χ3v) is 1.86. The van der Waals surface area contributed by atoms with Crippen molar-refractivity contribution >= 4 is 5.97 Å². The van der Waals surface area contributed by atoms with Crippen molar-refractivity contribution in [2.45, 2.75) is 26.1 Å². The lowest BCUT2D eigenvalue weighted by Gasteiger charge is -2.19. The number of carbonyl (C=O) groups is 1. The molecule has 0 radical (unpaired) electrons. The monoisotopic (exact) mass is 194 g/mol. The van der Waals surface area contributed by atoms with Crippen LogP contribution in [0.25, 0.3) is 0 Å². The zero-order chi connectivity index (χ0) is 10.6. The minimum atomic E-state index is -0.707. The maximum absolute atomic E-state index is 10.8. The van der Waals surface area contributed by atoms with E-state index in [0.29, 0.717) is 0 Å². The minimum Gasteiger partial charge on any atom is -0.455 e. The first-order chi connectivity index (χ1) is 6.61. The van der Waals surface area contributed by atoms with E-state index in [1.54, 1.807) is 6.92 Å². The standard InChI is InChI=1S/C11H14O3/c1-8(12)11(14-9(2)13)10-6-4-3-5-7-10/h3-8,11-12H,1-2H3/t8-,11+/m1/s1. The molecule has 0 fully saturated rings. The number of aliphatic hydroxyl groups excluding tert-OH is 1. The van der Waals surface area contributed by atoms with E-state index in [0.717, 1.165) is 5.56 Å². The van der Waals surface area contributed by atoms with Gasteiger partial charge in [0, 0.05) is 6.92 Å². The van der Waals surface area contributed by atoms with Gasteiger partial charge in [-0.15, -0.1) is 0 Å². The summed E-state index contributed by atoms with van der Waals surface area (Å²) in [6, 6.07) is 9.19. The Hall–Kier alpha value is -1.35. The summed E-state index contributed by atoms with van der Waals surface area (Å²) in [6.07, 6.45) is -1.28. The van der Waals surface area contributed by atoms with Crippen LogP contribution in [0.4, 0.5) is 0 Å². The van der Waals surface area contributed by atoms with Crippen LogP contribution >= 0.6 is 0 Å². The molecule has 1 aromatic carbocycles. The molecule has 0 heterocycles. The summed E-state index contributed by atoms with van der Waals surface area (Å²) in [4.78, 5) is 10.8. The van der Waals surface area contributed by atoms with Gasteiger partial charge in [0.15, 0.2) is 6.10 Å². The van der Waals surface area contributed by atoms with Crippen molar-refractivity contribution in [3.63, 3.8) is 0 Å². The summed E-state index contributed by atoms with van der Waals surface area (Å²) in [5.41, 5.74) is 0.803. The third kappa shape index (κ3) is 2.85. The molecule has 3 nitrogen and oxygen atoms in total. The van der Waals surface area contributed by atoms with E-state index in [2.05, 4.69) is 0 Å². The second-order valence-electron chi connectivity index (χ2n) is 3.18. The molecule has 0 aliphatic rings. The van der Waals surface area contributed by atoms with Crippen LogP contribution in [-0.2, 0) is 9.53 Å². The van der Waals surface area contributed by atoms with Crippen molar-refractivity contribution in [1.29, 1.82) is 0 Å². The van der Waals surface area contributed by atoms with Gasteiger partial charge in [0.2, 0.25) is 0 Å². The van der Waals surface area contributed by atoms with E-state index < -0.39 is 12.2 Å². The number of ether oxygens (including phenoxy) is 1. The first kappa shape index (κ1) is 10.7. The lowest BCUT2D eigenvalue weighted by atomic mass is 10.1. The van der Waals surface area contributed by atoms with E-state index in [4.69, 9.17) is 4.74 Å². The van der Waals surface area contributed by atoms with Gasteiger partial charge < -0.3 is 9.84 Å². The van der Waals surface area contributed by atoms with Crippen LogP contribution in [0.3, 0.4) is 0 Å². The predicted molar refractivity (Wildman–Crippen MR) is 52.6 cm³/mol. The van der Waals surface area contributed by atoms with Gasteiger partial charge in [-0.3, -0.25) is 4.79 Å². The minimum absolute atomic E-state index is 0.389. The van der Waals surface area contributed by atoms with Gasteiger partial charge in [0.05, 0.1) is 6.10 Å². The lowest BCUT2D eigenvalue weighted by molar-refractivity contribution is -0.152. The predicted octanol–water partition coefficient (Wildman–Crippen LogP) is 1.67. The van der Waals surface area contributed by atoms with Gasteiger partial charge in [-0.25, -0.2) is 0 Å². The molecule has 0 bridgehead atoms. The van der Waals surface area contributed by atoms with Crippen LogP contribution < -0.4 is 0 Å². The molecule has 0 aliphatic carbocycles. The fourth-order valence-corrected chi connectivity index (χ4v) is 1.27. The molecule has 0 saturated carbocycles. The van der Waals surface area contributed by atoms with Gasteiger partial charge in [0.25, 0.3) is 0 Å². The lowest BCUT2D eigenvalue weighted by Crippen LogP contribution is -2.20. The summed E-state index contributed by atoms with van der Waals surface area (Å²) in [5, 5.41) is 9.44. The number of esters is 1. The first-order valence-corrected chi connectivity index (χ1v) is 4.51. The largest absolute Gasteiger partial charge is 0.455 e. The summed E-state index contributed by atoms with van der Waals surface area (Å²) in [7, 11) is 0. The Morgan fingerprint density at radius 3 is 2.36 bits per heavy atom. The van der Waals surface area contributed by atoms with Crippen LogP contribution in [-0.4, -0.2) is 17.2 Å². The Morgan fingerprint density at radius 2 is 1.93 bits per heavy atom. The van der Waals surface area contributed by atoms with Crippen molar-refractivity contribution in [1.82, 2.24) is 0 Å². The molecule has 1 rings (SSSR count). The molecule has 2 atom stereocenters. The SMILES string of the molecule is CC(=O)O[C@H](c1ccccc1)[C@@H](C)O. The Labute approximate surface area is 83.3 Å². The average Bonchev–Trinajstić information content (AvgIpc) is 2.15. The van der Waals surface area contributed by atoms with E-state index >= 15 is 0 Å². The van der Waals surface area contributed by atoms with Crippen molar-refractivity contribution in [2.24, 2.45) is 0 Å². The van der Waals surface area contributed by atoms with Crippen LogP contribution in [0.2, 0.25) is 0 Å². The smallest absolute Gasteiger partial charge is 0.303 e. The Bertz CT molecular complexity index is 293. The first-order valence-electron chi connectivity index (χ1n) is 4.51. The molecule has 1 N–H and O–H groups in total. The quantitative estimate of drug-likeness (QED) is 0.744. The molecule has 0 aromatic heterocycles. The molecule has 0 spiro atoms. The van der Waals surface area contributed by atoms with Crippen molar-refractivity contribution < 1.29 is 14.6 Å². The number of aliphatic hydroxyl groups is 1. The molecule has 0 amide bonds. The molecule has 1 aromatic rings. The summed E-state index contributed by atoms with van der Waals surface area (Å²) >= 11 is 0. The fourth-order valence-electron chi connectivity index (χ4n) is 1.27. The maximum atomic E-state index is 10.8. The highest BCUT2D eigenvalue weighted by Crippen LogP contribution is 2.20. The molecule has 0 aliphatic heterocycles. The van der Waals surface area contributed by atoms with E-state index in [9.17, 15) is 9.90 Å². The van der Waals surface area contributed by atoms with E-state index in [-0.39, 0.29) is 5.97 Å². The summed E-state index contributed by atoms with van der Waals surface area (Å²) in [5.74, 6) is -0.389. The average molecular weight is 194 g/mol. The summed E-state index contributed by atoms with van der Waals surface area (Å²) < 4.78 is 5.01. The number of rotatable bonds is 3. The number of hydrogen-bond acceptors (Lipinski definition) is 3. The fraction of sp³-hybridized carbons (Fsp3) is 0.364. The van der Waals surface area contributed by atoms with Crippen LogP contribution in [0.1, 0.15) is 25.5 Å². The topological polar surface area (TPSA) is 46.5 Å². The zero-order valence-electron chi connectivity index (χ0n) is 8.31. The van der Waals surface area contributed by atoms with Gasteiger partial charge >= 0.3 is 5.97 Å². The van der Waals surface area contributed by atoms with Gasteiger partial charge in [-0.2, -0.15) is 0 Å². The Morgan fingerprint density at radius 1 is 1.36 bits per heavy atom. The van der Waals surface area contributed by atoms with Gasteiger partial charge in [0.1, 0.15) is 0 Å². The van der Waals surface area contributed by atoms with Crippen LogP contribution in [0.5, 0.6) is 0 Å². The molecule has 14 heavy (non-hydrogen) atoms.